The number of carbonyl (C=O) groups is 1. The van der Waals surface area contributed by atoms with Crippen molar-refractivity contribution in [3.05, 3.63) is 42.1 Å². The third kappa shape index (κ3) is 5.85. The number of alkyl halides is 1. The number of carbonyl (C=O) groups excluding carboxylic acids is 1. The molecule has 0 unspecified atom stereocenters. The number of aryl methyl sites for hydroxylation is 1. The second-order valence-electron chi connectivity index (χ2n) is 11.7. The van der Waals surface area contributed by atoms with E-state index < -0.39 is 28.6 Å². The van der Waals surface area contributed by atoms with Gasteiger partial charge < -0.3 is 24.8 Å². The zero-order valence-corrected chi connectivity index (χ0v) is 24.1. The number of nitrogens with one attached hydrogen (secondary N) is 2. The van der Waals surface area contributed by atoms with Gasteiger partial charge in [-0.15, -0.1) is 0 Å². The van der Waals surface area contributed by atoms with Gasteiger partial charge in [-0.05, 0) is 74.3 Å². The van der Waals surface area contributed by atoms with Crippen LogP contribution in [0.3, 0.4) is 0 Å². The van der Waals surface area contributed by atoms with E-state index in [9.17, 15) is 17.6 Å². The molecule has 1 amide bonds. The van der Waals surface area contributed by atoms with Crippen LogP contribution in [0.4, 0.5) is 27.4 Å². The molecule has 1 spiro atoms. The second-order valence-corrected chi connectivity index (χ2v) is 13.5. The number of aromatic nitrogens is 2. The van der Waals surface area contributed by atoms with Crippen LogP contribution >= 0.6 is 0 Å². The fraction of sp³-hybridized carbons (Fsp3) is 0.517. The highest BCUT2D eigenvalue weighted by atomic mass is 32.2. The molecule has 0 radical (unpaired) electrons. The molecule has 0 bridgehead atoms. The lowest BCUT2D eigenvalue weighted by molar-refractivity contribution is 0.102. The number of hydrogen-bond donors (Lipinski definition) is 3. The van der Waals surface area contributed by atoms with E-state index in [0.29, 0.717) is 54.1 Å². The fourth-order valence-electron chi connectivity index (χ4n) is 6.13. The minimum atomic E-state index is -3.72. The number of hydrogen-bond acceptors (Lipinski definition) is 7. The molecule has 0 atom stereocenters. The molecular formula is C29H37FN6O4S. The van der Waals surface area contributed by atoms with E-state index in [1.54, 1.807) is 18.2 Å². The van der Waals surface area contributed by atoms with Gasteiger partial charge in [0.2, 0.25) is 10.0 Å². The van der Waals surface area contributed by atoms with Gasteiger partial charge in [0.25, 0.3) is 5.91 Å². The van der Waals surface area contributed by atoms with Crippen molar-refractivity contribution in [3.8, 4) is 0 Å². The highest BCUT2D eigenvalue weighted by molar-refractivity contribution is 7.92. The third-order valence-corrected chi connectivity index (χ3v) is 10.1. The molecule has 41 heavy (non-hydrogen) atoms. The molecule has 3 aromatic rings. The van der Waals surface area contributed by atoms with E-state index in [1.165, 1.54) is 12.8 Å². The fourth-order valence-corrected chi connectivity index (χ4v) is 6.95. The van der Waals surface area contributed by atoms with E-state index >= 15 is 0 Å². The first kappa shape index (κ1) is 27.8. The summed E-state index contributed by atoms with van der Waals surface area (Å²) >= 11 is 0. The zero-order chi connectivity index (χ0) is 28.8. The number of aliphatic hydroxyl groups excluding tert-OH is 1. The average Bonchev–Trinajstić information content (AvgIpc) is 3.59. The Morgan fingerprint density at radius 3 is 2.49 bits per heavy atom. The van der Waals surface area contributed by atoms with Crippen molar-refractivity contribution in [1.82, 2.24) is 9.55 Å². The molecule has 220 valence electrons. The lowest BCUT2D eigenvalue weighted by atomic mass is 9.93. The molecule has 3 N–H and O–H groups in total. The van der Waals surface area contributed by atoms with Gasteiger partial charge in [0, 0.05) is 44.8 Å². The van der Waals surface area contributed by atoms with Gasteiger partial charge in [0.1, 0.15) is 12.0 Å². The Kier molecular flexibility index (Phi) is 7.31. The van der Waals surface area contributed by atoms with Crippen LogP contribution in [0, 0.1) is 5.41 Å². The topological polar surface area (TPSA) is 120 Å². The summed E-state index contributed by atoms with van der Waals surface area (Å²) < 4.78 is 43.0. The van der Waals surface area contributed by atoms with Gasteiger partial charge in [-0.1, -0.05) is 0 Å². The van der Waals surface area contributed by atoms with Crippen LogP contribution in [-0.2, 0) is 17.1 Å². The Balaban J connectivity index is 1.31. The second kappa shape index (κ2) is 10.8. The van der Waals surface area contributed by atoms with Gasteiger partial charge >= 0.3 is 0 Å². The number of pyridine rings is 1. The number of benzene rings is 1. The van der Waals surface area contributed by atoms with E-state index in [0.717, 1.165) is 42.7 Å². The number of nitrogens with zero attached hydrogens (tertiary/aromatic N) is 4. The normalized spacial score (nSPS) is 19.1. The molecule has 6 rings (SSSR count). The molecule has 10 nitrogen and oxygen atoms in total. The SMILES string of the molecule is Cn1ccc2cc(NC(=O)c3ccc(NS(=O)(=O)CCO)cc3N3CCC4(CC3)CC4)nc(N3CCC(F)CC3)c21. The largest absolute Gasteiger partial charge is 0.395 e. The number of aliphatic hydroxyl groups is 1. The van der Waals surface area contributed by atoms with Gasteiger partial charge in [-0.3, -0.25) is 9.52 Å². The molecule has 3 aliphatic rings. The summed E-state index contributed by atoms with van der Waals surface area (Å²) in [4.78, 5) is 22.8. The maximum Gasteiger partial charge on any atom is 0.258 e. The van der Waals surface area contributed by atoms with Crippen LogP contribution in [0.1, 0.15) is 48.9 Å². The van der Waals surface area contributed by atoms with Crippen molar-refractivity contribution < 1.29 is 22.7 Å². The number of anilines is 4. The summed E-state index contributed by atoms with van der Waals surface area (Å²) in [6.45, 7) is 2.20. The van der Waals surface area contributed by atoms with Crippen LogP contribution in [0.15, 0.2) is 36.5 Å². The monoisotopic (exact) mass is 584 g/mol. The Labute approximate surface area is 239 Å². The van der Waals surface area contributed by atoms with Gasteiger partial charge in [-0.2, -0.15) is 0 Å². The number of rotatable bonds is 8. The molecule has 12 heteroatoms. The van der Waals surface area contributed by atoms with Crippen molar-refractivity contribution in [2.75, 3.05) is 58.4 Å². The number of amides is 1. The highest BCUT2D eigenvalue weighted by Crippen LogP contribution is 2.54. The van der Waals surface area contributed by atoms with Crippen LogP contribution < -0.4 is 19.8 Å². The number of piperidine rings is 2. The smallest absolute Gasteiger partial charge is 0.258 e. The molecular weight excluding hydrogens is 547 g/mol. The lowest BCUT2D eigenvalue weighted by Gasteiger charge is -2.35. The van der Waals surface area contributed by atoms with Crippen molar-refractivity contribution >= 4 is 49.8 Å². The molecule has 2 saturated heterocycles. The Morgan fingerprint density at radius 1 is 1.07 bits per heavy atom. The molecule has 1 aromatic carbocycles. The average molecular weight is 585 g/mol. The third-order valence-electron chi connectivity index (χ3n) is 8.80. The number of halogens is 1. The molecule has 2 aliphatic heterocycles. The summed E-state index contributed by atoms with van der Waals surface area (Å²) in [5.74, 6) is 0.375. The minimum Gasteiger partial charge on any atom is -0.395 e. The Morgan fingerprint density at radius 2 is 1.80 bits per heavy atom. The van der Waals surface area contributed by atoms with Crippen LogP contribution in [-0.4, -0.2) is 73.7 Å². The van der Waals surface area contributed by atoms with Gasteiger partial charge in [-0.25, -0.2) is 17.8 Å². The van der Waals surface area contributed by atoms with Crippen LogP contribution in [0.2, 0.25) is 0 Å². The van der Waals surface area contributed by atoms with Crippen molar-refractivity contribution in [1.29, 1.82) is 0 Å². The first-order valence-electron chi connectivity index (χ1n) is 14.3. The maximum absolute atomic E-state index is 13.9. The van der Waals surface area contributed by atoms with Crippen molar-refractivity contribution in [2.45, 2.75) is 44.7 Å². The van der Waals surface area contributed by atoms with E-state index in [4.69, 9.17) is 10.1 Å². The van der Waals surface area contributed by atoms with Crippen molar-refractivity contribution in [3.63, 3.8) is 0 Å². The summed E-state index contributed by atoms with van der Waals surface area (Å²) in [5, 5.41) is 13.0. The molecule has 3 fully saturated rings. The standard InChI is InChI=1S/C29H37FN6O4S/c1-34-11-4-20-18-25(31-27(26(20)34)36-12-5-21(30)6-13-36)32-28(38)23-3-2-22(33-41(39,40)17-16-37)19-24(23)35-14-9-29(7-8-29)10-15-35/h2-4,11,18-19,21,33,37H,5-10,12-17H2,1H3,(H,31,32,38). The Hall–Kier alpha value is -3.38. The van der Waals surface area contributed by atoms with E-state index in [1.807, 2.05) is 29.9 Å². The lowest BCUT2D eigenvalue weighted by Crippen LogP contribution is -2.36. The summed E-state index contributed by atoms with van der Waals surface area (Å²) in [7, 11) is -1.77. The highest BCUT2D eigenvalue weighted by Gasteiger charge is 2.44. The predicted octanol–water partition coefficient (Wildman–Crippen LogP) is 3.88. The van der Waals surface area contributed by atoms with Crippen LogP contribution in [0.25, 0.3) is 10.9 Å². The first-order chi connectivity index (χ1) is 19.7. The molecule has 1 saturated carbocycles. The first-order valence-corrected chi connectivity index (χ1v) is 16.0. The maximum atomic E-state index is 13.9. The zero-order valence-electron chi connectivity index (χ0n) is 23.3. The van der Waals surface area contributed by atoms with E-state index in [2.05, 4.69) is 19.8 Å². The Bertz CT molecular complexity index is 1550. The molecule has 4 heterocycles. The quantitative estimate of drug-likeness (QED) is 0.368. The summed E-state index contributed by atoms with van der Waals surface area (Å²) in [5.41, 5.74) is 2.80. The molecule has 2 aromatic heterocycles. The van der Waals surface area contributed by atoms with Crippen molar-refractivity contribution in [2.24, 2.45) is 12.5 Å². The number of sulfonamides is 1. The van der Waals surface area contributed by atoms with Gasteiger partial charge in [0.05, 0.1) is 34.8 Å². The summed E-state index contributed by atoms with van der Waals surface area (Å²) in [6.07, 6.45) is 6.60. The van der Waals surface area contributed by atoms with Gasteiger partial charge in [0.15, 0.2) is 5.82 Å². The number of fused-ring (bicyclic) bond motifs is 1. The molecule has 1 aliphatic carbocycles. The predicted molar refractivity (Wildman–Crippen MR) is 159 cm³/mol. The van der Waals surface area contributed by atoms with Crippen LogP contribution in [0.5, 0.6) is 0 Å². The van der Waals surface area contributed by atoms with E-state index in [-0.39, 0.29) is 5.91 Å². The minimum absolute atomic E-state index is 0.340. The summed E-state index contributed by atoms with van der Waals surface area (Å²) in [6, 6.07) is 8.72.